The van der Waals surface area contributed by atoms with Crippen LogP contribution in [0.25, 0.3) is 0 Å². The molecule has 8 atom stereocenters. The molecule has 1 heterocycles. The molecule has 0 aromatic rings. The minimum Gasteiger partial charge on any atom is -0.462 e. The van der Waals surface area contributed by atoms with Gasteiger partial charge in [0.15, 0.2) is 0 Å². The number of allylic oxidation sites excluding steroid dienone is 3. The predicted octanol–water partition coefficient (Wildman–Crippen LogP) is 4.20. The fourth-order valence-corrected chi connectivity index (χ4v) is 4.70. The van der Waals surface area contributed by atoms with Gasteiger partial charge in [-0.3, -0.25) is 9.59 Å². The smallest absolute Gasteiger partial charge is 0.308 e. The Morgan fingerprint density at radius 3 is 3.03 bits per heavy atom. The second kappa shape index (κ2) is 9.46. The monoisotopic (exact) mass is 413 g/mol. The molecule has 5 heteroatoms. The van der Waals surface area contributed by atoms with E-state index in [-0.39, 0.29) is 24.7 Å². The molecule has 29 heavy (non-hydrogen) atoms. The van der Waals surface area contributed by atoms with Gasteiger partial charge < -0.3 is 14.6 Å². The molecule has 3 rings (SSSR count). The summed E-state index contributed by atoms with van der Waals surface area (Å²) >= 11 is 0. The van der Waals surface area contributed by atoms with Crippen LogP contribution in [0.3, 0.4) is 0 Å². The molecule has 3 aliphatic rings. The van der Waals surface area contributed by atoms with Crippen molar-refractivity contribution in [1.82, 2.24) is 0 Å². The lowest BCUT2D eigenvalue weighted by Gasteiger charge is -2.43. The van der Waals surface area contributed by atoms with Crippen molar-refractivity contribution in [1.29, 1.82) is 0 Å². The topological polar surface area (TPSA) is 72.8 Å². The van der Waals surface area contributed by atoms with E-state index in [2.05, 4.69) is 0 Å². The summed E-state index contributed by atoms with van der Waals surface area (Å²) in [6.45, 7) is -2.87. The summed E-state index contributed by atoms with van der Waals surface area (Å²) < 4.78 is 81.6. The van der Waals surface area contributed by atoms with Gasteiger partial charge >= 0.3 is 11.9 Å². The second-order valence-corrected chi connectivity index (χ2v) is 8.39. The molecule has 1 N–H and O–H groups in total. The molecule has 1 unspecified atom stereocenters. The molecule has 0 bridgehead atoms. The van der Waals surface area contributed by atoms with E-state index in [0.717, 1.165) is 6.92 Å². The van der Waals surface area contributed by atoms with Gasteiger partial charge in [-0.1, -0.05) is 45.8 Å². The van der Waals surface area contributed by atoms with Crippen LogP contribution in [0, 0.1) is 29.6 Å². The molecule has 1 aliphatic heterocycles. The first-order valence-electron chi connectivity index (χ1n) is 14.7. The van der Waals surface area contributed by atoms with Crippen LogP contribution in [0.15, 0.2) is 23.8 Å². The number of hydrogen-bond acceptors (Lipinski definition) is 5. The minimum absolute atomic E-state index is 0.0388. The summed E-state index contributed by atoms with van der Waals surface area (Å²) in [5, 5.41) is 9.95. The lowest BCUT2D eigenvalue weighted by molar-refractivity contribution is -0.162. The van der Waals surface area contributed by atoms with Crippen molar-refractivity contribution in [2.75, 3.05) is 0 Å². The average Bonchev–Trinajstić information content (AvgIpc) is 2.76. The molecular weight excluding hydrogens is 368 g/mol. The predicted molar refractivity (Wildman–Crippen MR) is 111 cm³/mol. The first kappa shape index (κ1) is 12.9. The Hall–Kier alpha value is -1.62. The van der Waals surface area contributed by atoms with Gasteiger partial charge in [0.2, 0.25) is 0 Å². The zero-order chi connectivity index (χ0) is 28.8. The van der Waals surface area contributed by atoms with Crippen LogP contribution in [0.5, 0.6) is 0 Å². The third kappa shape index (κ3) is 5.30. The molecule has 0 amide bonds. The quantitative estimate of drug-likeness (QED) is 0.661. The Bertz CT molecular complexity index is 969. The van der Waals surface area contributed by atoms with Crippen molar-refractivity contribution in [2.24, 2.45) is 29.6 Å². The number of carbonyl (C=O) groups is 2. The van der Waals surface area contributed by atoms with E-state index in [1.807, 2.05) is 13.0 Å². The highest BCUT2D eigenvalue weighted by atomic mass is 16.5. The summed E-state index contributed by atoms with van der Waals surface area (Å²) in [6, 6.07) is 0. The second-order valence-electron chi connectivity index (χ2n) is 8.39. The van der Waals surface area contributed by atoms with E-state index in [9.17, 15) is 14.7 Å². The molecule has 1 fully saturated rings. The molecule has 0 spiro atoms. The van der Waals surface area contributed by atoms with Crippen molar-refractivity contribution in [2.45, 2.75) is 84.3 Å². The van der Waals surface area contributed by atoms with Gasteiger partial charge in [0.25, 0.3) is 0 Å². The van der Waals surface area contributed by atoms with Gasteiger partial charge in [0.1, 0.15) is 12.2 Å². The van der Waals surface area contributed by atoms with Crippen LogP contribution in [0.2, 0.25) is 0 Å². The van der Waals surface area contributed by atoms with E-state index in [1.165, 1.54) is 0 Å². The maximum atomic E-state index is 13.2. The fraction of sp³-hybridized carbons (Fsp3) is 0.750. The van der Waals surface area contributed by atoms with Crippen molar-refractivity contribution in [3.8, 4) is 0 Å². The molecule has 162 valence electrons. The summed E-state index contributed by atoms with van der Waals surface area (Å²) in [5.41, 5.74) is 0.643. The van der Waals surface area contributed by atoms with E-state index < -0.39 is 68.1 Å². The van der Waals surface area contributed by atoms with Gasteiger partial charge in [-0.05, 0) is 49.0 Å². The van der Waals surface area contributed by atoms with E-state index in [4.69, 9.17) is 21.8 Å². The molecule has 0 radical (unpaired) electrons. The van der Waals surface area contributed by atoms with Crippen molar-refractivity contribution < 1.29 is 36.5 Å². The molecule has 1 saturated heterocycles. The van der Waals surface area contributed by atoms with Crippen molar-refractivity contribution in [3.63, 3.8) is 0 Å². The number of rotatable bonds is 6. The highest BCUT2D eigenvalue weighted by molar-refractivity contribution is 5.72. The molecule has 0 aromatic carbocycles. The minimum atomic E-state index is -3.27. The van der Waals surface area contributed by atoms with Crippen LogP contribution in [-0.2, 0) is 19.1 Å². The highest BCUT2D eigenvalue weighted by Gasteiger charge is 2.42. The SMILES string of the molecule is [2H]C([2H])([2H])[C@H]1C=C2C=C[C@H](C)[C@H](CCC3C[C@@H](O)CC(=O)O3)[C@H]2[C@@H](OC(=O)[C@@]([2H])(C)C([2H])([2H])C([2H])([2H])[2H])C1. The van der Waals surface area contributed by atoms with Crippen molar-refractivity contribution in [3.05, 3.63) is 23.8 Å². The third-order valence-corrected chi connectivity index (χ3v) is 6.20. The molecule has 0 saturated carbocycles. The molecule has 5 nitrogen and oxygen atoms in total. The number of carbonyl (C=O) groups excluding carboxylic acids is 2. The Balaban J connectivity index is 1.91. The Morgan fingerprint density at radius 1 is 1.48 bits per heavy atom. The molecular formula is C24H36O5. The van der Waals surface area contributed by atoms with E-state index in [0.29, 0.717) is 24.8 Å². The van der Waals surface area contributed by atoms with Gasteiger partial charge in [-0.25, -0.2) is 0 Å². The van der Waals surface area contributed by atoms with Crippen molar-refractivity contribution >= 4 is 11.9 Å². The lowest BCUT2D eigenvalue weighted by Crippen LogP contribution is -2.42. The number of aliphatic hydroxyl groups is 1. The van der Waals surface area contributed by atoms with Crippen LogP contribution >= 0.6 is 0 Å². The standard InChI is InChI=1S/C24H36O5/c1-5-15(3)24(27)29-21-11-14(2)10-17-7-6-16(4)20(23(17)21)9-8-19-12-18(25)13-22(26)28-19/h6-7,10,14-16,18-21,23,25H,5,8-9,11-13H2,1-4H3/t14-,15-,16-,18+,19?,20-,21-,23-/m0/s1/i1D3,2D3,5D2,15D. The number of esters is 2. The van der Waals surface area contributed by atoms with Crippen LogP contribution in [-0.4, -0.2) is 35.4 Å². The number of aliphatic hydroxyl groups excluding tert-OH is 1. The first-order chi connectivity index (χ1) is 17.3. The summed E-state index contributed by atoms with van der Waals surface area (Å²) in [5.74, 6) is -6.31. The fourth-order valence-electron chi connectivity index (χ4n) is 4.70. The zero-order valence-electron chi connectivity index (χ0n) is 25.9. The highest BCUT2D eigenvalue weighted by Crippen LogP contribution is 2.45. The van der Waals surface area contributed by atoms with Gasteiger partial charge in [0.05, 0.1) is 18.4 Å². The Morgan fingerprint density at radius 2 is 2.31 bits per heavy atom. The maximum absolute atomic E-state index is 13.2. The average molecular weight is 414 g/mol. The largest absolute Gasteiger partial charge is 0.462 e. The summed E-state index contributed by atoms with van der Waals surface area (Å²) in [4.78, 5) is 24.9. The lowest BCUT2D eigenvalue weighted by atomic mass is 9.65. The van der Waals surface area contributed by atoms with Crippen LogP contribution in [0.4, 0.5) is 0 Å². The normalized spacial score (nSPS) is 44.9. The number of cyclic esters (lactones) is 1. The molecule has 0 aromatic heterocycles. The summed E-state index contributed by atoms with van der Waals surface area (Å²) in [7, 11) is 0. The van der Waals surface area contributed by atoms with E-state index in [1.54, 1.807) is 12.2 Å². The van der Waals surface area contributed by atoms with Crippen LogP contribution in [0.1, 0.15) is 78.4 Å². The number of hydrogen-bond donors (Lipinski definition) is 1. The third-order valence-electron chi connectivity index (χ3n) is 6.20. The molecule has 2 aliphatic carbocycles. The first-order valence-corrected chi connectivity index (χ1v) is 10.2. The zero-order valence-corrected chi connectivity index (χ0v) is 16.9. The van der Waals surface area contributed by atoms with E-state index >= 15 is 0 Å². The Kier molecular flexibility index (Phi) is 4.22. The number of fused-ring (bicyclic) bond motifs is 1. The van der Waals surface area contributed by atoms with Gasteiger partial charge in [0, 0.05) is 24.7 Å². The van der Waals surface area contributed by atoms with Crippen LogP contribution < -0.4 is 0 Å². The number of ether oxygens (including phenoxy) is 2. The Labute approximate surface area is 187 Å². The van der Waals surface area contributed by atoms with Gasteiger partial charge in [-0.2, -0.15) is 0 Å². The maximum Gasteiger partial charge on any atom is 0.308 e. The summed E-state index contributed by atoms with van der Waals surface area (Å²) in [6.07, 6.45) is 0.895. The van der Waals surface area contributed by atoms with Gasteiger partial charge in [-0.15, -0.1) is 0 Å².